The highest BCUT2D eigenvalue weighted by Gasteiger charge is 2.30. The van der Waals surface area contributed by atoms with Gasteiger partial charge in [0.2, 0.25) is 0 Å². The quantitative estimate of drug-likeness (QED) is 0.525. The zero-order valence-electron chi connectivity index (χ0n) is 15.8. The van der Waals surface area contributed by atoms with Crippen LogP contribution >= 0.6 is 0 Å². The molecule has 1 aliphatic heterocycles. The first-order chi connectivity index (χ1) is 14.3. The Hall–Kier alpha value is -3.59. The van der Waals surface area contributed by atoms with Crippen molar-refractivity contribution < 1.29 is 9.26 Å². The molecule has 146 valence electrons. The number of morpholine rings is 1. The molecule has 0 bridgehead atoms. The zero-order chi connectivity index (χ0) is 19.6. The van der Waals surface area contributed by atoms with Crippen molar-refractivity contribution in [3.8, 4) is 22.8 Å². The van der Waals surface area contributed by atoms with Crippen molar-refractivity contribution in [3.05, 3.63) is 60.8 Å². The Morgan fingerprint density at radius 2 is 1.97 bits per heavy atom. The Morgan fingerprint density at radius 1 is 1.07 bits per heavy atom. The predicted octanol–water partition coefficient (Wildman–Crippen LogP) is 2.51. The molecule has 1 atom stereocenters. The minimum Gasteiger partial charge on any atom is -0.377 e. The van der Waals surface area contributed by atoms with E-state index in [0.717, 1.165) is 16.9 Å². The summed E-state index contributed by atoms with van der Waals surface area (Å²) in [4.78, 5) is 15.9. The first-order valence-corrected chi connectivity index (χ1v) is 9.33. The molecule has 5 rings (SSSR count). The molecule has 0 amide bonds. The van der Waals surface area contributed by atoms with Crippen LogP contribution in [0, 0.1) is 0 Å². The summed E-state index contributed by atoms with van der Waals surface area (Å²) in [5.74, 6) is 2.48. The fourth-order valence-electron chi connectivity index (χ4n) is 3.35. The Labute approximate surface area is 167 Å². The summed E-state index contributed by atoms with van der Waals surface area (Å²) in [6.07, 6.45) is 5.31. The number of nitrogens with zero attached hydrogens (tertiary/aromatic N) is 7. The van der Waals surface area contributed by atoms with Gasteiger partial charge in [-0.15, -0.1) is 0 Å². The van der Waals surface area contributed by atoms with Crippen LogP contribution < -0.4 is 4.90 Å². The highest BCUT2D eigenvalue weighted by molar-refractivity contribution is 5.57. The van der Waals surface area contributed by atoms with E-state index in [4.69, 9.17) is 14.2 Å². The van der Waals surface area contributed by atoms with E-state index in [-0.39, 0.29) is 6.04 Å². The molecule has 0 spiro atoms. The van der Waals surface area contributed by atoms with Crippen LogP contribution in [-0.2, 0) is 11.8 Å². The topological polar surface area (TPSA) is 95.0 Å². The summed E-state index contributed by atoms with van der Waals surface area (Å²) >= 11 is 0. The minimum absolute atomic E-state index is 0.198. The molecular weight excluding hydrogens is 370 g/mol. The molecule has 9 nitrogen and oxygen atoms in total. The number of hydrogen-bond donors (Lipinski definition) is 0. The van der Waals surface area contributed by atoms with Crippen molar-refractivity contribution in [3.63, 3.8) is 0 Å². The third kappa shape index (κ3) is 3.47. The zero-order valence-corrected chi connectivity index (χ0v) is 15.8. The van der Waals surface area contributed by atoms with E-state index in [1.54, 1.807) is 17.1 Å². The summed E-state index contributed by atoms with van der Waals surface area (Å²) in [5, 5.41) is 8.35. The number of hydrogen-bond acceptors (Lipinski definition) is 8. The average molecular weight is 389 g/mol. The van der Waals surface area contributed by atoms with E-state index in [0.29, 0.717) is 37.3 Å². The molecule has 1 fully saturated rings. The third-order valence-corrected chi connectivity index (χ3v) is 4.79. The minimum atomic E-state index is -0.198. The SMILES string of the molecule is Cn1cc(-c2nc([C@H]3COCCN3c3ccnc(-c4ccccc4)n3)no2)cn1. The van der Waals surface area contributed by atoms with Gasteiger partial charge in [0, 0.05) is 31.5 Å². The first kappa shape index (κ1) is 17.5. The van der Waals surface area contributed by atoms with Crippen molar-refractivity contribution >= 4 is 5.82 Å². The van der Waals surface area contributed by atoms with E-state index < -0.39 is 0 Å². The van der Waals surface area contributed by atoms with Crippen molar-refractivity contribution in [1.82, 2.24) is 29.9 Å². The highest BCUT2D eigenvalue weighted by Crippen LogP contribution is 2.29. The lowest BCUT2D eigenvalue weighted by molar-refractivity contribution is 0.0905. The van der Waals surface area contributed by atoms with Crippen LogP contribution in [0.25, 0.3) is 22.8 Å². The fraction of sp³-hybridized carbons (Fsp3) is 0.250. The molecule has 4 aromatic rings. The third-order valence-electron chi connectivity index (χ3n) is 4.79. The lowest BCUT2D eigenvalue weighted by atomic mass is 10.2. The van der Waals surface area contributed by atoms with Crippen LogP contribution in [0.3, 0.4) is 0 Å². The van der Waals surface area contributed by atoms with Crippen molar-refractivity contribution in [2.75, 3.05) is 24.7 Å². The number of ether oxygens (including phenoxy) is 1. The second kappa shape index (κ2) is 7.44. The standard InChI is InChI=1S/C20H19N7O2/c1-26-12-15(11-22-26)20-24-19(25-29-20)16-13-28-10-9-27(16)17-7-8-21-18(23-17)14-5-3-2-4-6-14/h2-8,11-12,16H,9-10,13H2,1H3/t16-/m1/s1. The van der Waals surface area contributed by atoms with Crippen molar-refractivity contribution in [2.24, 2.45) is 7.05 Å². The van der Waals surface area contributed by atoms with Crippen LogP contribution in [0.15, 0.2) is 59.5 Å². The molecule has 0 aliphatic carbocycles. The fourth-order valence-corrected chi connectivity index (χ4v) is 3.35. The molecule has 0 saturated carbocycles. The first-order valence-electron chi connectivity index (χ1n) is 9.33. The Morgan fingerprint density at radius 3 is 2.79 bits per heavy atom. The Bertz CT molecular complexity index is 1110. The van der Waals surface area contributed by atoms with Gasteiger partial charge in [-0.2, -0.15) is 10.1 Å². The number of benzene rings is 1. The smallest absolute Gasteiger partial charge is 0.261 e. The van der Waals surface area contributed by atoms with Crippen molar-refractivity contribution in [2.45, 2.75) is 6.04 Å². The number of rotatable bonds is 4. The van der Waals surface area contributed by atoms with Crippen LogP contribution in [0.1, 0.15) is 11.9 Å². The molecule has 9 heteroatoms. The molecule has 0 unspecified atom stereocenters. The second-order valence-corrected chi connectivity index (χ2v) is 6.75. The van der Waals surface area contributed by atoms with Gasteiger partial charge >= 0.3 is 0 Å². The number of aryl methyl sites for hydroxylation is 1. The van der Waals surface area contributed by atoms with Gasteiger partial charge in [-0.05, 0) is 6.07 Å². The monoisotopic (exact) mass is 389 g/mol. The lowest BCUT2D eigenvalue weighted by Crippen LogP contribution is -2.40. The normalized spacial score (nSPS) is 16.9. The van der Waals surface area contributed by atoms with Crippen LogP contribution in [0.5, 0.6) is 0 Å². The Kier molecular flexibility index (Phi) is 4.49. The van der Waals surface area contributed by atoms with Gasteiger partial charge in [-0.1, -0.05) is 35.5 Å². The van der Waals surface area contributed by atoms with Crippen LogP contribution in [0.4, 0.5) is 5.82 Å². The van der Waals surface area contributed by atoms with E-state index in [1.165, 1.54) is 0 Å². The van der Waals surface area contributed by atoms with Gasteiger partial charge in [0.05, 0.1) is 25.0 Å². The van der Waals surface area contributed by atoms with Gasteiger partial charge in [0.15, 0.2) is 11.6 Å². The van der Waals surface area contributed by atoms with Crippen LogP contribution in [-0.4, -0.2) is 49.6 Å². The molecule has 3 aromatic heterocycles. The lowest BCUT2D eigenvalue weighted by Gasteiger charge is -2.34. The largest absolute Gasteiger partial charge is 0.377 e. The summed E-state index contributed by atoms with van der Waals surface area (Å²) in [5.41, 5.74) is 1.75. The van der Waals surface area contributed by atoms with E-state index in [1.807, 2.05) is 49.6 Å². The van der Waals surface area contributed by atoms with Crippen LogP contribution in [0.2, 0.25) is 0 Å². The molecule has 0 radical (unpaired) electrons. The van der Waals surface area contributed by atoms with Crippen molar-refractivity contribution in [1.29, 1.82) is 0 Å². The molecule has 0 N–H and O–H groups in total. The molecule has 1 aliphatic rings. The molecule has 29 heavy (non-hydrogen) atoms. The second-order valence-electron chi connectivity index (χ2n) is 6.75. The highest BCUT2D eigenvalue weighted by atomic mass is 16.5. The maximum atomic E-state index is 5.70. The molecular formula is C20H19N7O2. The summed E-state index contributed by atoms with van der Waals surface area (Å²) in [7, 11) is 1.84. The van der Waals surface area contributed by atoms with Gasteiger partial charge < -0.3 is 14.2 Å². The summed E-state index contributed by atoms with van der Waals surface area (Å²) in [6, 6.07) is 11.6. The van der Waals surface area contributed by atoms with E-state index >= 15 is 0 Å². The number of anilines is 1. The molecule has 4 heterocycles. The van der Waals surface area contributed by atoms with E-state index in [9.17, 15) is 0 Å². The maximum absolute atomic E-state index is 5.70. The summed E-state index contributed by atoms with van der Waals surface area (Å²) in [6.45, 7) is 1.73. The maximum Gasteiger partial charge on any atom is 0.261 e. The van der Waals surface area contributed by atoms with Gasteiger partial charge in [0.1, 0.15) is 11.9 Å². The predicted molar refractivity (Wildman–Crippen MR) is 105 cm³/mol. The molecule has 1 aromatic carbocycles. The van der Waals surface area contributed by atoms with E-state index in [2.05, 4.69) is 25.1 Å². The number of aromatic nitrogens is 6. The molecule has 1 saturated heterocycles. The van der Waals surface area contributed by atoms with Gasteiger partial charge in [0.25, 0.3) is 5.89 Å². The average Bonchev–Trinajstić information content (AvgIpc) is 3.44. The summed E-state index contributed by atoms with van der Waals surface area (Å²) < 4.78 is 12.9. The van der Waals surface area contributed by atoms with Gasteiger partial charge in [-0.3, -0.25) is 4.68 Å². The Balaban J connectivity index is 1.46. The van der Waals surface area contributed by atoms with Gasteiger partial charge in [-0.25, -0.2) is 9.97 Å².